The van der Waals surface area contributed by atoms with Crippen LogP contribution >= 0.6 is 0 Å². The second kappa shape index (κ2) is 6.76. The van der Waals surface area contributed by atoms with Gasteiger partial charge in [-0.05, 0) is 30.7 Å². The fourth-order valence-corrected chi connectivity index (χ4v) is 3.09. The number of benzene rings is 2. The van der Waals surface area contributed by atoms with E-state index in [9.17, 15) is 4.79 Å². The zero-order valence-electron chi connectivity index (χ0n) is 14.3. The Hall–Kier alpha value is -3.53. The summed E-state index contributed by atoms with van der Waals surface area (Å²) in [6, 6.07) is 23.1. The summed E-state index contributed by atoms with van der Waals surface area (Å²) in [4.78, 5) is 22.0. The minimum atomic E-state index is -0.183. The molecule has 2 heterocycles. The van der Waals surface area contributed by atoms with Crippen molar-refractivity contribution < 1.29 is 4.79 Å². The number of anilines is 1. The Balaban J connectivity index is 1.90. The Morgan fingerprint density at radius 3 is 2.38 bits per heavy atom. The van der Waals surface area contributed by atoms with Crippen LogP contribution in [0.5, 0.6) is 0 Å². The van der Waals surface area contributed by atoms with Crippen LogP contribution in [-0.2, 0) is 0 Å². The molecule has 126 valence electrons. The van der Waals surface area contributed by atoms with Gasteiger partial charge in [-0.3, -0.25) is 4.79 Å². The number of pyridine rings is 2. The van der Waals surface area contributed by atoms with Crippen molar-refractivity contribution in [1.29, 1.82) is 0 Å². The number of nitrogens with zero attached hydrogens (tertiary/aromatic N) is 2. The summed E-state index contributed by atoms with van der Waals surface area (Å²) >= 11 is 0. The Morgan fingerprint density at radius 2 is 1.62 bits per heavy atom. The van der Waals surface area contributed by atoms with Crippen molar-refractivity contribution >= 4 is 22.6 Å². The zero-order chi connectivity index (χ0) is 17.9. The molecule has 26 heavy (non-hydrogen) atoms. The molecule has 2 aromatic carbocycles. The maximum absolute atomic E-state index is 13.1. The Morgan fingerprint density at radius 1 is 0.885 bits per heavy atom. The largest absolute Gasteiger partial charge is 0.307 e. The van der Waals surface area contributed by atoms with Crippen molar-refractivity contribution in [2.75, 3.05) is 5.32 Å². The van der Waals surface area contributed by atoms with E-state index in [-0.39, 0.29) is 5.91 Å². The van der Waals surface area contributed by atoms with Gasteiger partial charge in [-0.25, -0.2) is 9.97 Å². The quantitative estimate of drug-likeness (QED) is 0.580. The maximum atomic E-state index is 13.1. The molecule has 4 rings (SSSR count). The molecule has 1 N–H and O–H groups in total. The van der Waals surface area contributed by atoms with E-state index in [1.54, 1.807) is 12.3 Å². The molecule has 0 aliphatic rings. The summed E-state index contributed by atoms with van der Waals surface area (Å²) in [5.74, 6) is 0.344. The van der Waals surface area contributed by atoms with Gasteiger partial charge in [0.15, 0.2) is 0 Å². The normalized spacial score (nSPS) is 10.7. The lowest BCUT2D eigenvalue weighted by molar-refractivity contribution is 0.102. The van der Waals surface area contributed by atoms with Gasteiger partial charge in [0.1, 0.15) is 5.82 Å². The Labute approximate surface area is 151 Å². The van der Waals surface area contributed by atoms with Crippen molar-refractivity contribution in [3.63, 3.8) is 0 Å². The number of rotatable bonds is 3. The van der Waals surface area contributed by atoms with Crippen LogP contribution in [-0.4, -0.2) is 15.9 Å². The SMILES string of the molecule is Cc1c(-c2ccccc2)nc2ccccc2c1C(=O)Nc1ccccn1. The molecule has 0 atom stereocenters. The van der Waals surface area contributed by atoms with Crippen LogP contribution in [0, 0.1) is 6.92 Å². The first-order chi connectivity index (χ1) is 12.7. The van der Waals surface area contributed by atoms with E-state index in [1.807, 2.05) is 73.7 Å². The highest BCUT2D eigenvalue weighted by Crippen LogP contribution is 2.30. The van der Waals surface area contributed by atoms with Crippen molar-refractivity contribution in [1.82, 2.24) is 9.97 Å². The number of fused-ring (bicyclic) bond motifs is 1. The second-order valence-electron chi connectivity index (χ2n) is 6.01. The highest BCUT2D eigenvalue weighted by molar-refractivity contribution is 6.14. The van der Waals surface area contributed by atoms with E-state index < -0.39 is 0 Å². The van der Waals surface area contributed by atoms with Gasteiger partial charge in [-0.1, -0.05) is 54.6 Å². The monoisotopic (exact) mass is 339 g/mol. The van der Waals surface area contributed by atoms with Gasteiger partial charge in [0.05, 0.1) is 16.8 Å². The predicted molar refractivity (Wildman–Crippen MR) is 104 cm³/mol. The smallest absolute Gasteiger partial charge is 0.257 e. The first kappa shape index (κ1) is 16.0. The van der Waals surface area contributed by atoms with Gasteiger partial charge in [0.25, 0.3) is 5.91 Å². The summed E-state index contributed by atoms with van der Waals surface area (Å²) < 4.78 is 0. The lowest BCUT2D eigenvalue weighted by Gasteiger charge is -2.14. The molecule has 0 aliphatic heterocycles. The number of hydrogen-bond acceptors (Lipinski definition) is 3. The number of carbonyl (C=O) groups is 1. The van der Waals surface area contributed by atoms with Crippen LogP contribution in [0.4, 0.5) is 5.82 Å². The summed E-state index contributed by atoms with van der Waals surface area (Å²) in [6.07, 6.45) is 1.66. The third kappa shape index (κ3) is 2.93. The van der Waals surface area contributed by atoms with Gasteiger partial charge >= 0.3 is 0 Å². The maximum Gasteiger partial charge on any atom is 0.257 e. The van der Waals surface area contributed by atoms with Crippen LogP contribution in [0.2, 0.25) is 0 Å². The van der Waals surface area contributed by atoms with Gasteiger partial charge in [-0.15, -0.1) is 0 Å². The number of hydrogen-bond donors (Lipinski definition) is 1. The minimum Gasteiger partial charge on any atom is -0.307 e. The van der Waals surface area contributed by atoms with Crippen molar-refractivity contribution in [2.45, 2.75) is 6.92 Å². The van der Waals surface area contributed by atoms with E-state index >= 15 is 0 Å². The fourth-order valence-electron chi connectivity index (χ4n) is 3.09. The molecule has 2 aromatic heterocycles. The molecule has 1 amide bonds. The van der Waals surface area contributed by atoms with E-state index in [4.69, 9.17) is 4.98 Å². The van der Waals surface area contributed by atoms with Gasteiger partial charge in [0, 0.05) is 17.1 Å². The highest BCUT2D eigenvalue weighted by Gasteiger charge is 2.19. The molecular weight excluding hydrogens is 322 g/mol. The number of amides is 1. The first-order valence-electron chi connectivity index (χ1n) is 8.41. The molecule has 0 saturated heterocycles. The van der Waals surface area contributed by atoms with Crippen molar-refractivity contribution in [3.8, 4) is 11.3 Å². The van der Waals surface area contributed by atoms with Crippen LogP contribution < -0.4 is 5.32 Å². The molecule has 4 aromatic rings. The number of nitrogens with one attached hydrogen (secondary N) is 1. The molecular formula is C22H17N3O. The van der Waals surface area contributed by atoms with Crippen molar-refractivity contribution in [2.24, 2.45) is 0 Å². The average Bonchev–Trinajstić information content (AvgIpc) is 2.69. The molecule has 0 saturated carbocycles. The minimum absolute atomic E-state index is 0.183. The highest BCUT2D eigenvalue weighted by atomic mass is 16.1. The molecule has 4 nitrogen and oxygen atoms in total. The summed E-state index contributed by atoms with van der Waals surface area (Å²) in [6.45, 7) is 1.94. The predicted octanol–water partition coefficient (Wildman–Crippen LogP) is 4.86. The average molecular weight is 339 g/mol. The molecule has 0 radical (unpaired) electrons. The number of para-hydroxylation sites is 1. The summed E-state index contributed by atoms with van der Waals surface area (Å²) in [7, 11) is 0. The third-order valence-electron chi connectivity index (χ3n) is 4.32. The van der Waals surface area contributed by atoms with E-state index in [0.29, 0.717) is 11.4 Å². The van der Waals surface area contributed by atoms with E-state index in [1.165, 1.54) is 0 Å². The molecule has 0 bridgehead atoms. The van der Waals surface area contributed by atoms with Crippen LogP contribution in [0.3, 0.4) is 0 Å². The van der Waals surface area contributed by atoms with E-state index in [0.717, 1.165) is 27.7 Å². The molecule has 4 heteroatoms. The molecule has 0 spiro atoms. The number of carbonyl (C=O) groups excluding carboxylic acids is 1. The standard InChI is InChI=1S/C22H17N3O/c1-15-20(22(26)25-19-13-7-8-14-23-19)17-11-5-6-12-18(17)24-21(15)16-9-3-2-4-10-16/h2-14H,1H3,(H,23,25,26). The van der Waals surface area contributed by atoms with Gasteiger partial charge in [-0.2, -0.15) is 0 Å². The summed E-state index contributed by atoms with van der Waals surface area (Å²) in [5.41, 5.74) is 4.07. The van der Waals surface area contributed by atoms with Gasteiger partial charge < -0.3 is 5.32 Å². The topological polar surface area (TPSA) is 54.9 Å². The first-order valence-corrected chi connectivity index (χ1v) is 8.41. The Kier molecular flexibility index (Phi) is 4.15. The van der Waals surface area contributed by atoms with E-state index in [2.05, 4.69) is 10.3 Å². The lowest BCUT2D eigenvalue weighted by Crippen LogP contribution is -2.16. The molecule has 0 aliphatic carbocycles. The number of aromatic nitrogens is 2. The molecule has 0 unspecified atom stereocenters. The summed E-state index contributed by atoms with van der Waals surface area (Å²) in [5, 5.41) is 3.72. The lowest BCUT2D eigenvalue weighted by atomic mass is 9.97. The third-order valence-corrected chi connectivity index (χ3v) is 4.32. The van der Waals surface area contributed by atoms with Crippen LogP contribution in [0.15, 0.2) is 79.0 Å². The second-order valence-corrected chi connectivity index (χ2v) is 6.01. The van der Waals surface area contributed by atoms with Crippen LogP contribution in [0.25, 0.3) is 22.2 Å². The van der Waals surface area contributed by atoms with Gasteiger partial charge in [0.2, 0.25) is 0 Å². The van der Waals surface area contributed by atoms with Crippen LogP contribution in [0.1, 0.15) is 15.9 Å². The Bertz CT molecular complexity index is 1080. The van der Waals surface area contributed by atoms with Crippen molar-refractivity contribution in [3.05, 3.63) is 90.1 Å². The zero-order valence-corrected chi connectivity index (χ0v) is 14.3. The fraction of sp³-hybridized carbons (Fsp3) is 0.0455. The molecule has 0 fully saturated rings.